The SMILES string of the molecule is Cc1ccsc1C1Oc2ccc(Br)cc2C2CC(c3ccc(Br)s3)=NN21. The molecule has 5 rings (SSSR count). The van der Waals surface area contributed by atoms with Gasteiger partial charge in [0.1, 0.15) is 5.75 Å². The van der Waals surface area contributed by atoms with E-state index in [2.05, 4.69) is 79.5 Å². The minimum Gasteiger partial charge on any atom is -0.464 e. The summed E-state index contributed by atoms with van der Waals surface area (Å²) >= 11 is 10.6. The van der Waals surface area contributed by atoms with Gasteiger partial charge in [0.05, 0.1) is 25.3 Å². The summed E-state index contributed by atoms with van der Waals surface area (Å²) in [7, 11) is 0. The van der Waals surface area contributed by atoms with Crippen molar-refractivity contribution >= 4 is 60.2 Å². The molecule has 2 aliphatic heterocycles. The summed E-state index contributed by atoms with van der Waals surface area (Å²) in [4.78, 5) is 2.44. The van der Waals surface area contributed by atoms with E-state index in [-0.39, 0.29) is 12.3 Å². The maximum Gasteiger partial charge on any atom is 0.223 e. The summed E-state index contributed by atoms with van der Waals surface area (Å²) in [6.45, 7) is 2.14. The monoisotopic (exact) mass is 508 g/mol. The molecule has 26 heavy (non-hydrogen) atoms. The zero-order valence-corrected chi connectivity index (χ0v) is 18.6. The molecule has 0 aliphatic carbocycles. The Bertz CT molecular complexity index is 1030. The van der Waals surface area contributed by atoms with Crippen molar-refractivity contribution in [2.24, 2.45) is 5.10 Å². The molecule has 2 atom stereocenters. The average Bonchev–Trinajstić information content (AvgIpc) is 3.33. The van der Waals surface area contributed by atoms with Crippen LogP contribution in [0.4, 0.5) is 0 Å². The van der Waals surface area contributed by atoms with Crippen molar-refractivity contribution in [1.82, 2.24) is 5.01 Å². The standard InChI is InChI=1S/C19H14Br2N2OS2/c1-10-6-7-25-18(10)19-23-14(12-8-11(20)2-3-15(12)24-19)9-13(22-23)16-4-5-17(21)26-16/h2-8,14,19H,9H2,1H3. The number of rotatable bonds is 2. The first-order valence-corrected chi connectivity index (χ1v) is 11.5. The maximum absolute atomic E-state index is 6.42. The summed E-state index contributed by atoms with van der Waals surface area (Å²) < 4.78 is 8.62. The first-order chi connectivity index (χ1) is 12.6. The van der Waals surface area contributed by atoms with Crippen molar-refractivity contribution in [2.75, 3.05) is 0 Å². The fourth-order valence-electron chi connectivity index (χ4n) is 3.49. The third-order valence-corrected chi connectivity index (χ3v) is 7.95. The van der Waals surface area contributed by atoms with E-state index in [1.165, 1.54) is 20.9 Å². The van der Waals surface area contributed by atoms with Crippen LogP contribution in [0.1, 0.15) is 39.6 Å². The lowest BCUT2D eigenvalue weighted by atomic mass is 9.98. The van der Waals surface area contributed by atoms with Crippen LogP contribution in [-0.4, -0.2) is 10.7 Å². The summed E-state index contributed by atoms with van der Waals surface area (Å²) in [5.41, 5.74) is 3.57. The summed E-state index contributed by atoms with van der Waals surface area (Å²) in [6.07, 6.45) is 0.718. The third-order valence-electron chi connectivity index (χ3n) is 4.74. The number of aryl methyl sites for hydroxylation is 1. The molecule has 0 N–H and O–H groups in total. The van der Waals surface area contributed by atoms with Crippen molar-refractivity contribution in [3.63, 3.8) is 0 Å². The predicted octanol–water partition coefficient (Wildman–Crippen LogP) is 6.89. The molecular formula is C19H14Br2N2OS2. The van der Waals surface area contributed by atoms with Crippen molar-refractivity contribution in [3.8, 4) is 5.75 Å². The summed E-state index contributed by atoms with van der Waals surface area (Å²) in [6, 6.07) is 12.8. The molecule has 0 spiro atoms. The molecule has 0 fully saturated rings. The second-order valence-electron chi connectivity index (χ2n) is 6.37. The van der Waals surface area contributed by atoms with Crippen LogP contribution < -0.4 is 4.74 Å². The normalized spacial score (nSPS) is 21.2. The van der Waals surface area contributed by atoms with Crippen LogP contribution in [-0.2, 0) is 0 Å². The zero-order valence-electron chi connectivity index (χ0n) is 13.8. The van der Waals surface area contributed by atoms with Gasteiger partial charge in [-0.3, -0.25) is 0 Å². The van der Waals surface area contributed by atoms with Gasteiger partial charge in [-0.15, -0.1) is 22.7 Å². The number of benzene rings is 1. The highest BCUT2D eigenvalue weighted by molar-refractivity contribution is 9.11. The Morgan fingerprint density at radius 2 is 2.08 bits per heavy atom. The Balaban J connectivity index is 1.62. The molecule has 0 radical (unpaired) electrons. The van der Waals surface area contributed by atoms with Gasteiger partial charge in [-0.1, -0.05) is 15.9 Å². The molecule has 1 aromatic carbocycles. The predicted molar refractivity (Wildman–Crippen MR) is 114 cm³/mol. The highest BCUT2D eigenvalue weighted by Crippen LogP contribution is 2.49. The van der Waals surface area contributed by atoms with Crippen LogP contribution in [0.15, 0.2) is 55.1 Å². The van der Waals surface area contributed by atoms with Gasteiger partial charge in [0, 0.05) is 16.5 Å². The minimum atomic E-state index is -0.172. The molecule has 2 aliphatic rings. The van der Waals surface area contributed by atoms with Crippen LogP contribution in [0.5, 0.6) is 5.75 Å². The summed E-state index contributed by atoms with van der Waals surface area (Å²) in [5, 5.41) is 9.28. The Labute approximate surface area is 176 Å². The number of hydrogen-bond donors (Lipinski definition) is 0. The highest BCUT2D eigenvalue weighted by Gasteiger charge is 2.42. The van der Waals surface area contributed by atoms with Gasteiger partial charge in [0.2, 0.25) is 6.23 Å². The van der Waals surface area contributed by atoms with Gasteiger partial charge in [-0.25, -0.2) is 5.01 Å². The molecule has 2 aromatic heterocycles. The number of hydrazone groups is 1. The van der Waals surface area contributed by atoms with Gasteiger partial charge in [-0.05, 0) is 70.2 Å². The molecule has 0 amide bonds. The lowest BCUT2D eigenvalue weighted by Crippen LogP contribution is -2.33. The second-order valence-corrected chi connectivity index (χ2v) is 10.7. The molecule has 7 heteroatoms. The van der Waals surface area contributed by atoms with E-state index >= 15 is 0 Å². The average molecular weight is 510 g/mol. The lowest BCUT2D eigenvalue weighted by Gasteiger charge is -2.38. The first-order valence-electron chi connectivity index (χ1n) is 8.22. The molecule has 2 unspecified atom stereocenters. The quantitative estimate of drug-likeness (QED) is 0.376. The molecule has 0 bridgehead atoms. The van der Waals surface area contributed by atoms with Crippen LogP contribution in [0.3, 0.4) is 0 Å². The largest absolute Gasteiger partial charge is 0.464 e. The molecule has 3 nitrogen and oxygen atoms in total. The first kappa shape index (κ1) is 17.0. The summed E-state index contributed by atoms with van der Waals surface area (Å²) in [5.74, 6) is 0.955. The third kappa shape index (κ3) is 2.76. The van der Waals surface area contributed by atoms with Crippen molar-refractivity contribution in [1.29, 1.82) is 0 Å². The Morgan fingerprint density at radius 3 is 2.81 bits per heavy atom. The van der Waals surface area contributed by atoms with Crippen LogP contribution >= 0.6 is 54.5 Å². The van der Waals surface area contributed by atoms with Crippen molar-refractivity contribution in [3.05, 3.63) is 70.9 Å². The molecule has 3 aromatic rings. The number of nitrogens with zero attached hydrogens (tertiary/aromatic N) is 2. The van der Waals surface area contributed by atoms with Gasteiger partial charge < -0.3 is 4.74 Å². The number of ether oxygens (including phenoxy) is 1. The van der Waals surface area contributed by atoms with Crippen LogP contribution in [0, 0.1) is 6.92 Å². The van der Waals surface area contributed by atoms with E-state index in [4.69, 9.17) is 9.84 Å². The van der Waals surface area contributed by atoms with Crippen molar-refractivity contribution in [2.45, 2.75) is 25.6 Å². The Morgan fingerprint density at radius 1 is 1.19 bits per heavy atom. The molecule has 0 saturated carbocycles. The number of fused-ring (bicyclic) bond motifs is 3. The van der Waals surface area contributed by atoms with E-state index in [0.29, 0.717) is 0 Å². The molecule has 132 valence electrons. The smallest absolute Gasteiger partial charge is 0.223 e. The lowest BCUT2D eigenvalue weighted by molar-refractivity contribution is -0.0169. The van der Waals surface area contributed by atoms with E-state index in [9.17, 15) is 0 Å². The number of halogens is 2. The number of thiophene rings is 2. The van der Waals surface area contributed by atoms with E-state index in [1.54, 1.807) is 22.7 Å². The van der Waals surface area contributed by atoms with Gasteiger partial charge in [0.15, 0.2) is 0 Å². The minimum absolute atomic E-state index is 0.172. The molecule has 4 heterocycles. The fourth-order valence-corrected chi connectivity index (χ4v) is 6.19. The van der Waals surface area contributed by atoms with Crippen LogP contribution in [0.25, 0.3) is 0 Å². The molecular weight excluding hydrogens is 496 g/mol. The van der Waals surface area contributed by atoms with Crippen molar-refractivity contribution < 1.29 is 4.74 Å². The Kier molecular flexibility index (Phi) is 4.23. The topological polar surface area (TPSA) is 24.8 Å². The van der Waals surface area contributed by atoms with Gasteiger partial charge in [-0.2, -0.15) is 5.10 Å². The Hall–Kier alpha value is -1.15. The maximum atomic E-state index is 6.42. The van der Waals surface area contributed by atoms with E-state index in [0.717, 1.165) is 26.1 Å². The fraction of sp³-hybridized carbons (Fsp3) is 0.211. The van der Waals surface area contributed by atoms with Gasteiger partial charge in [0.25, 0.3) is 0 Å². The van der Waals surface area contributed by atoms with Crippen LogP contribution in [0.2, 0.25) is 0 Å². The second kappa shape index (κ2) is 6.48. The van der Waals surface area contributed by atoms with E-state index < -0.39 is 0 Å². The highest BCUT2D eigenvalue weighted by atomic mass is 79.9. The van der Waals surface area contributed by atoms with Gasteiger partial charge >= 0.3 is 0 Å². The molecule has 0 saturated heterocycles. The van der Waals surface area contributed by atoms with E-state index in [1.807, 2.05) is 6.07 Å². The zero-order chi connectivity index (χ0) is 17.8. The number of hydrogen-bond acceptors (Lipinski definition) is 5.